The smallest absolute Gasteiger partial charge is 0.333 e. The molecule has 3 saturated carbocycles. The molecule has 10 rings (SSSR count). The van der Waals surface area contributed by atoms with Gasteiger partial charge in [-0.25, -0.2) is 83.4 Å². The Morgan fingerprint density at radius 2 is 0.951 bits per heavy atom. The fraction of sp³-hybridized carbons (Fsp3) is 0.540. The van der Waals surface area contributed by atoms with E-state index in [-0.39, 0.29) is 199 Å². The predicted molar refractivity (Wildman–Crippen MR) is 514 cm³/mol. The number of rotatable bonds is 29. The zero-order chi connectivity index (χ0) is 104. The van der Waals surface area contributed by atoms with Crippen molar-refractivity contribution >= 4 is 108 Å². The molecule has 7 heterocycles. The quantitative estimate of drug-likeness (QED) is 0.00896. The summed E-state index contributed by atoms with van der Waals surface area (Å²) in [4.78, 5) is 245. The SMILES string of the molecule is CC(C)c1cc(=O)[nH]c(NC(=O)NCCCCCCN=C=O)n1.CCC1(C)CC(C)CC(C)(C)C1.Cc1cc(=O)[nH]c(NC(=O)NC2CCC(CC3CCC(N=C=O)CC3)CC2)n1.Cc1cc(=O)[nH]c(NC(=O)NCCCCCCN=C=O)n1.Cc1cc(=O)[nH]c(NC(=O)n2ccnc2)n1.Cc1cc(=O)[nH]c(NC([NH-])=O)n1.Cc1nc(NC([NH-])=O)[nH]c(=O)c1CCOC([NH-])=O.N#CO.[N-]=C=O.[N-]=C=O.[Y].[Y].[Y]. The summed E-state index contributed by atoms with van der Waals surface area (Å²) in [5.41, 5.74) is 22.3. The van der Waals surface area contributed by atoms with Gasteiger partial charge in [-0.05, 0) is 184 Å². The Balaban J connectivity index is -0.00000158. The summed E-state index contributed by atoms with van der Waals surface area (Å²) in [6.07, 6.45) is 32.2. The van der Waals surface area contributed by atoms with Gasteiger partial charge in [0, 0.05) is 200 Å². The standard InChI is InChI=1S/C20H29N5O3.C15H23N5O3.C13H19N5O3.C12H24.C9H13N5O4.C9H9N5O2.C6H8N4O2.CHNO.2CNO.3Y/c1-13-10-18(27)24-19(22-13)25-20(28)23-17-8-4-15(5-9-17)11-14-2-6-16(7-3-14)21-12-26;1-11(2)12-9-13(22)19-14(18-12)20-15(23)17-8-6-4-3-5-7-16-10-21;1-10-8-11(20)17-12(16-10)18-13(21)15-7-5-3-2-4-6-14-9-19;1-6-12(5)8-10(2)7-11(3,4)9-12;1-4-5(2-3-18-8(11)17)6(15)13-9(12-4)14-7(10)16;1-6-4-7(15)12-8(11-6)13-9(16)14-3-2-10-5-14;1-3-2-4(11)9-6(8-3)10-5(7)12;3*2-1-3;;;/h10,14-17H,2-9,11H2,1H3,(H3,22,23,24,25,27,28);9,11H,3-8H2,1-2H3,(H3,17,18,19,20,22,23);8H,2-7H2,1H3,(H3,15,16,17,18,20,21);10H,6-9H2,1-5H3;2-3H2,1H3,(H6,10,11,12,13,14,15,16,17);2-5H,1H3,(H2,11,12,13,15,16);2H,1H3,(H4,7,8,9,10,11,12);3H;;;;;/q;;;;;;;;2*-1;;;/p-3. The van der Waals surface area contributed by atoms with Gasteiger partial charge in [0.15, 0.2) is 12.1 Å². The molecule has 7 aromatic rings. The fourth-order valence-electron chi connectivity index (χ4n) is 14.8. The number of carbonyl (C=O) groups is 7. The zero-order valence-electron chi connectivity index (χ0n) is 81.4. The van der Waals surface area contributed by atoms with E-state index in [4.69, 9.17) is 48.0 Å². The number of carbonyl (C=O) groups excluding carboxylic acids is 12. The second kappa shape index (κ2) is 75.9. The second-order valence-corrected chi connectivity index (χ2v) is 33.1. The van der Waals surface area contributed by atoms with Crippen LogP contribution in [0.4, 0.5) is 69.3 Å². The van der Waals surface area contributed by atoms with Crippen LogP contribution >= 0.6 is 0 Å². The van der Waals surface area contributed by atoms with Crippen LogP contribution in [-0.4, -0.2) is 192 Å². The van der Waals surface area contributed by atoms with Crippen LogP contribution in [0.15, 0.2) is 92.8 Å². The van der Waals surface area contributed by atoms with Crippen molar-refractivity contribution in [3.8, 4) is 6.26 Å². The molecule has 3 aliphatic carbocycles. The second-order valence-electron chi connectivity index (χ2n) is 33.1. The molecule has 3 radical (unpaired) electrons. The number of H-pyrrole nitrogens is 6. The summed E-state index contributed by atoms with van der Waals surface area (Å²) in [6, 6.07) is 3.44. The van der Waals surface area contributed by atoms with Crippen LogP contribution in [0.3, 0.4) is 0 Å². The Morgan fingerprint density at radius 3 is 1.32 bits per heavy atom. The van der Waals surface area contributed by atoms with Crippen LogP contribution in [-0.2, 0) is 133 Å². The van der Waals surface area contributed by atoms with E-state index in [0.29, 0.717) is 94.8 Å². The number of aliphatic hydroxyl groups excluding tert-OH is 1. The number of urea groups is 5. The molecule has 0 spiro atoms. The molecule has 0 aliphatic heterocycles. The maximum atomic E-state index is 12.2. The van der Waals surface area contributed by atoms with Crippen molar-refractivity contribution in [2.45, 2.75) is 242 Å². The molecule has 3 aliphatic rings. The third kappa shape index (κ3) is 63.7. The molecule has 12 amide bonds. The van der Waals surface area contributed by atoms with Crippen LogP contribution in [0, 0.1) is 74.7 Å². The molecule has 142 heavy (non-hydrogen) atoms. The van der Waals surface area contributed by atoms with Gasteiger partial charge < -0.3 is 74.4 Å². The molecule has 0 aromatic carbocycles. The van der Waals surface area contributed by atoms with Crippen molar-refractivity contribution in [1.29, 1.82) is 5.26 Å². The van der Waals surface area contributed by atoms with Gasteiger partial charge in [0.25, 0.3) is 39.6 Å². The Labute approximate surface area is 892 Å². The molecule has 2 unspecified atom stereocenters. The molecule has 765 valence electrons. The number of unbranched alkanes of at least 4 members (excludes halogenated alkanes) is 6. The molecule has 52 nitrogen and oxygen atoms in total. The van der Waals surface area contributed by atoms with E-state index < -0.39 is 41.8 Å². The third-order valence-corrected chi connectivity index (χ3v) is 20.3. The number of aliphatic imine (C=N–C) groups is 3. The first-order chi connectivity index (χ1) is 65.9. The summed E-state index contributed by atoms with van der Waals surface area (Å²) in [5, 5.41) is 49.8. The number of nitrogens with zero attached hydrogens (tertiary/aromatic N) is 14. The number of imidazole rings is 1. The van der Waals surface area contributed by atoms with E-state index in [2.05, 4.69) is 156 Å². The Bertz CT molecular complexity index is 5670. The first-order valence-corrected chi connectivity index (χ1v) is 44.0. The van der Waals surface area contributed by atoms with Gasteiger partial charge in [0.1, 0.15) is 18.2 Å². The van der Waals surface area contributed by atoms with Gasteiger partial charge in [-0.3, -0.25) is 98.5 Å². The van der Waals surface area contributed by atoms with Crippen LogP contribution in [0.25, 0.3) is 28.0 Å². The molecule has 55 heteroatoms. The van der Waals surface area contributed by atoms with Gasteiger partial charge in [-0.1, -0.05) is 80.6 Å². The normalized spacial score (nSPS) is 15.3. The van der Waals surface area contributed by atoms with Crippen LogP contribution < -0.4 is 81.2 Å². The molecule has 2 atom stereocenters. The van der Waals surface area contributed by atoms with Gasteiger partial charge in [-0.15, -0.1) is 0 Å². The number of nitrogens with one attached hydrogen (secondary N) is 18. The summed E-state index contributed by atoms with van der Waals surface area (Å²) in [5.74, 6) is 2.93. The number of anilines is 6. The van der Waals surface area contributed by atoms with E-state index in [1.807, 2.05) is 24.5 Å². The maximum absolute atomic E-state index is 12.2. The van der Waals surface area contributed by atoms with Gasteiger partial charge in [0.05, 0.1) is 31.4 Å². The fourth-order valence-corrected chi connectivity index (χ4v) is 14.8. The van der Waals surface area contributed by atoms with Crippen LogP contribution in [0.1, 0.15) is 229 Å². The summed E-state index contributed by atoms with van der Waals surface area (Å²) >= 11 is 0. The first kappa shape index (κ1) is 133. The number of hydrogen-bond donors (Lipinski definition) is 16. The summed E-state index contributed by atoms with van der Waals surface area (Å²) in [6.45, 7) is 26.1. The number of ether oxygens (including phenoxy) is 1. The minimum Gasteiger partial charge on any atom is -0.724 e. The monoisotopic (exact) mass is 2200 g/mol. The predicted octanol–water partition coefficient (Wildman–Crippen LogP) is 12.3. The van der Waals surface area contributed by atoms with E-state index in [1.54, 1.807) is 40.7 Å². The average molecular weight is 2200 g/mol. The zero-order valence-corrected chi connectivity index (χ0v) is 89.9. The van der Waals surface area contributed by atoms with Crippen molar-refractivity contribution in [3.05, 3.63) is 179 Å². The van der Waals surface area contributed by atoms with Crippen molar-refractivity contribution in [3.63, 3.8) is 0 Å². The average Bonchev–Trinajstić information content (AvgIpc) is 0.916. The Hall–Kier alpha value is -12.9. The van der Waals surface area contributed by atoms with E-state index >= 15 is 0 Å². The van der Waals surface area contributed by atoms with E-state index in [1.165, 1.54) is 97.9 Å². The minimum atomic E-state index is -1.17. The molecule has 0 saturated heterocycles. The molecule has 19 N–H and O–H groups in total. The number of isocyanates is 5. The van der Waals surface area contributed by atoms with Crippen LogP contribution in [0.2, 0.25) is 0 Å². The molecular formula is C87H123N32O20Y3-5. The minimum absolute atomic E-state index is 0. The van der Waals surface area contributed by atoms with Gasteiger partial charge in [-0.2, -0.15) is 5.26 Å². The molecule has 0 bridgehead atoms. The third-order valence-electron chi connectivity index (χ3n) is 20.3. The number of hydrogen-bond acceptors (Lipinski definition) is 31. The first-order valence-electron chi connectivity index (χ1n) is 44.0. The molecule has 3 fully saturated rings. The number of aromatic amines is 6. The maximum Gasteiger partial charge on any atom is 0.333 e. The van der Waals surface area contributed by atoms with E-state index in [0.717, 1.165) is 121 Å². The van der Waals surface area contributed by atoms with Crippen molar-refractivity contribution < 1.29 is 166 Å². The molecule has 7 aromatic heterocycles. The summed E-state index contributed by atoms with van der Waals surface area (Å²) < 4.78 is 5.64. The van der Waals surface area contributed by atoms with Crippen LogP contribution in [0.5, 0.6) is 0 Å². The summed E-state index contributed by atoms with van der Waals surface area (Å²) in [7, 11) is 0. The van der Waals surface area contributed by atoms with Gasteiger partial charge >= 0.3 is 24.1 Å². The topological polar surface area (TPSA) is 812 Å². The number of nitriles is 1. The van der Waals surface area contributed by atoms with Gasteiger partial charge in [0.2, 0.25) is 48.1 Å². The number of amides is 12. The number of aromatic nitrogens is 14. The number of aliphatic hydroxyl groups is 1. The molecular weight excluding hydrogens is 2080 g/mol. The van der Waals surface area contributed by atoms with Crippen molar-refractivity contribution in [2.75, 3.05) is 64.7 Å². The number of aryl methyl sites for hydroxylation is 5. The largest absolute Gasteiger partial charge is 0.724 e. The van der Waals surface area contributed by atoms with Crippen molar-refractivity contribution in [1.82, 2.24) is 85.3 Å². The van der Waals surface area contributed by atoms with Crippen molar-refractivity contribution in [2.24, 2.45) is 43.6 Å². The Kier molecular flexibility index (Phi) is 71.2. The Morgan fingerprint density at radius 1 is 0.556 bits per heavy atom. The van der Waals surface area contributed by atoms with E-state index in [9.17, 15) is 76.7 Å².